The number of aromatic carboxylic acids is 1. The highest BCUT2D eigenvalue weighted by atomic mass is 32.1. The number of thiophene rings is 1. The van der Waals surface area contributed by atoms with E-state index in [2.05, 4.69) is 9.88 Å². The summed E-state index contributed by atoms with van der Waals surface area (Å²) < 4.78 is 1.59. The van der Waals surface area contributed by atoms with Gasteiger partial charge in [-0.1, -0.05) is 0 Å². The first-order valence-electron chi connectivity index (χ1n) is 7.02. The van der Waals surface area contributed by atoms with Crippen LogP contribution in [0, 0.1) is 6.92 Å². The number of aromatic nitrogens is 2. The van der Waals surface area contributed by atoms with Crippen LogP contribution in [-0.4, -0.2) is 45.2 Å². The van der Waals surface area contributed by atoms with Gasteiger partial charge in [0.2, 0.25) is 0 Å². The van der Waals surface area contributed by atoms with Crippen molar-refractivity contribution in [3.63, 3.8) is 0 Å². The van der Waals surface area contributed by atoms with Gasteiger partial charge in [-0.25, -0.2) is 9.78 Å². The van der Waals surface area contributed by atoms with Crippen molar-refractivity contribution in [3.05, 3.63) is 27.1 Å². The lowest BCUT2D eigenvalue weighted by atomic mass is 10.2. The summed E-state index contributed by atoms with van der Waals surface area (Å²) in [7, 11) is 0. The summed E-state index contributed by atoms with van der Waals surface area (Å²) in [6.07, 6.45) is 3.97. The van der Waals surface area contributed by atoms with Gasteiger partial charge in [-0.3, -0.25) is 9.36 Å². The van der Waals surface area contributed by atoms with Crippen LogP contribution < -0.4 is 5.56 Å². The molecular formula is C14H17N3O3S. The van der Waals surface area contributed by atoms with Crippen LogP contribution in [0.25, 0.3) is 10.2 Å². The van der Waals surface area contributed by atoms with Crippen LogP contribution in [0.5, 0.6) is 0 Å². The molecule has 0 amide bonds. The molecule has 1 aliphatic rings. The number of aryl methyl sites for hydroxylation is 1. The number of likely N-dealkylation sites (tertiary alicyclic amines) is 1. The first-order chi connectivity index (χ1) is 10.1. The van der Waals surface area contributed by atoms with Crippen molar-refractivity contribution >= 4 is 27.5 Å². The molecule has 7 heteroatoms. The average molecular weight is 307 g/mol. The van der Waals surface area contributed by atoms with Gasteiger partial charge in [-0.15, -0.1) is 11.3 Å². The van der Waals surface area contributed by atoms with Crippen molar-refractivity contribution in [1.29, 1.82) is 0 Å². The molecule has 0 unspecified atom stereocenters. The maximum atomic E-state index is 12.5. The smallest absolute Gasteiger partial charge is 0.346 e. The molecule has 2 aromatic rings. The number of carboxylic acid groups (broad SMARTS) is 1. The minimum absolute atomic E-state index is 0.138. The van der Waals surface area contributed by atoms with E-state index >= 15 is 0 Å². The molecule has 1 fully saturated rings. The predicted octanol–water partition coefficient (Wildman–Crippen LogP) is 1.56. The van der Waals surface area contributed by atoms with Crippen LogP contribution in [0.2, 0.25) is 0 Å². The molecule has 3 heterocycles. The van der Waals surface area contributed by atoms with Gasteiger partial charge < -0.3 is 10.0 Å². The second-order valence-electron chi connectivity index (χ2n) is 5.33. The molecule has 21 heavy (non-hydrogen) atoms. The quantitative estimate of drug-likeness (QED) is 0.928. The molecule has 112 valence electrons. The fourth-order valence-electron chi connectivity index (χ4n) is 2.78. The number of fused-ring (bicyclic) bond motifs is 1. The molecule has 0 radical (unpaired) electrons. The fraction of sp³-hybridized carbons (Fsp3) is 0.500. The summed E-state index contributed by atoms with van der Waals surface area (Å²) in [5.74, 6) is -1.00. The third-order valence-corrected chi connectivity index (χ3v) is 5.16. The third kappa shape index (κ3) is 2.58. The highest BCUT2D eigenvalue weighted by molar-refractivity contribution is 7.20. The zero-order valence-electron chi connectivity index (χ0n) is 11.8. The first kappa shape index (κ1) is 14.2. The van der Waals surface area contributed by atoms with Crippen LogP contribution in [0.4, 0.5) is 0 Å². The van der Waals surface area contributed by atoms with E-state index in [4.69, 9.17) is 5.11 Å². The summed E-state index contributed by atoms with van der Waals surface area (Å²) in [6.45, 7) is 5.29. The molecule has 6 nitrogen and oxygen atoms in total. The summed E-state index contributed by atoms with van der Waals surface area (Å²) >= 11 is 1.06. The van der Waals surface area contributed by atoms with E-state index in [0.29, 0.717) is 22.3 Å². The predicted molar refractivity (Wildman–Crippen MR) is 81.3 cm³/mol. The Labute approximate surface area is 125 Å². The monoisotopic (exact) mass is 307 g/mol. The molecule has 1 N–H and O–H groups in total. The topological polar surface area (TPSA) is 75.4 Å². The largest absolute Gasteiger partial charge is 0.477 e. The van der Waals surface area contributed by atoms with Crippen LogP contribution in [0.15, 0.2) is 11.1 Å². The second-order valence-corrected chi connectivity index (χ2v) is 6.33. The summed E-state index contributed by atoms with van der Waals surface area (Å²) in [5, 5.41) is 9.59. The Balaban J connectivity index is 1.93. The Morgan fingerprint density at radius 1 is 1.38 bits per heavy atom. The number of carbonyl (C=O) groups is 1. The van der Waals surface area contributed by atoms with Crippen molar-refractivity contribution < 1.29 is 9.90 Å². The molecule has 0 bridgehead atoms. The van der Waals surface area contributed by atoms with E-state index in [1.807, 2.05) is 0 Å². The number of hydrogen-bond acceptors (Lipinski definition) is 5. The SMILES string of the molecule is Cc1c(C(=O)O)sc2ncn(CCN3CCCC3)c(=O)c12. The molecule has 0 aromatic carbocycles. The Bertz CT molecular complexity index is 744. The summed E-state index contributed by atoms with van der Waals surface area (Å²) in [6, 6.07) is 0. The molecule has 0 aliphatic carbocycles. The van der Waals surface area contributed by atoms with Crippen molar-refractivity contribution in [2.45, 2.75) is 26.3 Å². The molecule has 2 aromatic heterocycles. The highest BCUT2D eigenvalue weighted by Gasteiger charge is 2.19. The van der Waals surface area contributed by atoms with Gasteiger partial charge in [-0.05, 0) is 38.4 Å². The number of hydrogen-bond donors (Lipinski definition) is 1. The lowest BCUT2D eigenvalue weighted by Gasteiger charge is -2.15. The number of nitrogens with zero attached hydrogens (tertiary/aromatic N) is 3. The minimum atomic E-state index is -1.00. The van der Waals surface area contributed by atoms with E-state index in [0.717, 1.165) is 31.0 Å². The maximum Gasteiger partial charge on any atom is 0.346 e. The maximum absolute atomic E-state index is 12.5. The fourth-order valence-corrected chi connectivity index (χ4v) is 3.76. The number of carboxylic acids is 1. The molecule has 1 saturated heterocycles. The van der Waals surface area contributed by atoms with Crippen LogP contribution in [0.3, 0.4) is 0 Å². The zero-order chi connectivity index (χ0) is 15.0. The highest BCUT2D eigenvalue weighted by Crippen LogP contribution is 2.26. The molecule has 0 saturated carbocycles. The van der Waals surface area contributed by atoms with Crippen molar-refractivity contribution in [3.8, 4) is 0 Å². The molecular weight excluding hydrogens is 290 g/mol. The lowest BCUT2D eigenvalue weighted by molar-refractivity contribution is 0.0701. The average Bonchev–Trinajstić information content (AvgIpc) is 3.06. The third-order valence-electron chi connectivity index (χ3n) is 3.97. The van der Waals surface area contributed by atoms with Gasteiger partial charge >= 0.3 is 5.97 Å². The Kier molecular flexibility index (Phi) is 3.77. The van der Waals surface area contributed by atoms with Gasteiger partial charge in [0.15, 0.2) is 0 Å². The summed E-state index contributed by atoms with van der Waals surface area (Å²) in [5.41, 5.74) is 0.385. The van der Waals surface area contributed by atoms with Gasteiger partial charge in [-0.2, -0.15) is 0 Å². The van der Waals surface area contributed by atoms with E-state index in [1.165, 1.54) is 19.2 Å². The van der Waals surface area contributed by atoms with E-state index < -0.39 is 5.97 Å². The summed E-state index contributed by atoms with van der Waals surface area (Å²) in [4.78, 5) is 31.0. The molecule has 3 rings (SSSR count). The van der Waals surface area contributed by atoms with Gasteiger partial charge in [0.25, 0.3) is 5.56 Å². The Morgan fingerprint density at radius 3 is 2.76 bits per heavy atom. The van der Waals surface area contributed by atoms with E-state index in [9.17, 15) is 9.59 Å². The minimum Gasteiger partial charge on any atom is -0.477 e. The van der Waals surface area contributed by atoms with Crippen molar-refractivity contribution in [2.75, 3.05) is 19.6 Å². The molecule has 1 aliphatic heterocycles. The van der Waals surface area contributed by atoms with Gasteiger partial charge in [0, 0.05) is 13.1 Å². The van der Waals surface area contributed by atoms with Crippen molar-refractivity contribution in [2.24, 2.45) is 0 Å². The number of rotatable bonds is 4. The Hall–Kier alpha value is -1.73. The van der Waals surface area contributed by atoms with Crippen LogP contribution >= 0.6 is 11.3 Å². The van der Waals surface area contributed by atoms with E-state index in [1.54, 1.807) is 11.5 Å². The zero-order valence-corrected chi connectivity index (χ0v) is 12.7. The first-order valence-corrected chi connectivity index (χ1v) is 7.84. The van der Waals surface area contributed by atoms with E-state index in [-0.39, 0.29) is 10.4 Å². The van der Waals surface area contributed by atoms with Crippen LogP contribution in [-0.2, 0) is 6.54 Å². The van der Waals surface area contributed by atoms with Crippen LogP contribution in [0.1, 0.15) is 28.1 Å². The van der Waals surface area contributed by atoms with Gasteiger partial charge in [0.1, 0.15) is 9.71 Å². The van der Waals surface area contributed by atoms with Crippen molar-refractivity contribution in [1.82, 2.24) is 14.5 Å². The van der Waals surface area contributed by atoms with Gasteiger partial charge in [0.05, 0.1) is 11.7 Å². The second kappa shape index (κ2) is 5.57. The molecule has 0 atom stereocenters. The molecule has 0 spiro atoms. The lowest BCUT2D eigenvalue weighted by Crippen LogP contribution is -2.29. The Morgan fingerprint density at radius 2 is 2.10 bits per heavy atom. The normalized spacial score (nSPS) is 15.9. The standard InChI is InChI=1S/C14H17N3O3S/c1-9-10-12(21-11(9)14(19)20)15-8-17(13(10)18)7-6-16-4-2-3-5-16/h8H,2-7H2,1H3,(H,19,20).